The zero-order chi connectivity index (χ0) is 52.3. The van der Waals surface area contributed by atoms with E-state index in [1.165, 1.54) is 58.9 Å². The second kappa shape index (κ2) is 19.1. The Bertz CT molecular complexity index is 4610. The molecule has 15 rings (SSSR count). The van der Waals surface area contributed by atoms with Crippen LogP contribution >= 0.6 is 0 Å². The molecular weight excluding hydrogens is 975 g/mol. The van der Waals surface area contributed by atoms with Crippen LogP contribution in [0.3, 0.4) is 0 Å². The fraction of sp³-hybridized carbons (Fsp3) is 0. The maximum atomic E-state index is 5.18. The van der Waals surface area contributed by atoms with E-state index >= 15 is 0 Å². The highest BCUT2D eigenvalue weighted by Gasteiger charge is 2.41. The molecule has 0 aliphatic heterocycles. The second-order valence-corrected chi connectivity index (χ2v) is 24.1. The monoisotopic (exact) mass is 1020 g/mol. The van der Waals surface area contributed by atoms with Crippen molar-refractivity contribution >= 4 is 83.2 Å². The molecule has 6 heteroatoms. The fourth-order valence-electron chi connectivity index (χ4n) is 12.3. The lowest BCUT2D eigenvalue weighted by molar-refractivity contribution is 0.953. The number of hydrogen-bond donors (Lipinski definition) is 0. The molecule has 3 heterocycles. The smallest absolute Gasteiger partial charge is 0.238 e. The van der Waals surface area contributed by atoms with Crippen molar-refractivity contribution < 1.29 is 0 Å². The van der Waals surface area contributed by atoms with Crippen molar-refractivity contribution in [1.82, 2.24) is 24.1 Å². The molecule has 0 aliphatic carbocycles. The Morgan fingerprint density at radius 3 is 1.32 bits per heavy atom. The minimum absolute atomic E-state index is 0.575. The molecule has 79 heavy (non-hydrogen) atoms. The number of rotatable bonds is 10. The molecule has 0 aliphatic rings. The van der Waals surface area contributed by atoms with E-state index in [1.54, 1.807) is 0 Å². The Balaban J connectivity index is 0.877. The quantitative estimate of drug-likeness (QED) is 0.101. The number of benzene rings is 12. The maximum absolute atomic E-state index is 5.18. The van der Waals surface area contributed by atoms with E-state index in [0.717, 1.165) is 55.3 Å². The largest absolute Gasteiger partial charge is 0.309 e. The standard InChI is InChI=1S/C73H49N5Si/c1-6-23-51(24-7-1)71-74-72(52-25-8-2-9-26-52)76-73(75-71)78-66-39-19-18-38-63(66)64-48-55(41-43-67(64)78)56-42-44-68-65(49-56)70-62-37-17-16-22-50(62)40-45-69(70)77(68)57-29-20-27-53(46-57)54-28-21-36-61(47-54)79(58-30-10-3-11-31-58,59-32-12-4-13-33-59)60-34-14-5-15-35-60/h1-49H. The van der Waals surface area contributed by atoms with Crippen LogP contribution < -0.4 is 20.7 Å². The highest BCUT2D eigenvalue weighted by atomic mass is 28.3. The third-order valence-corrected chi connectivity index (χ3v) is 20.7. The number of nitrogens with zero attached hydrogens (tertiary/aromatic N) is 5. The van der Waals surface area contributed by atoms with Crippen molar-refractivity contribution in [2.24, 2.45) is 0 Å². The lowest BCUT2D eigenvalue weighted by Gasteiger charge is -2.34. The van der Waals surface area contributed by atoms with Gasteiger partial charge in [0, 0.05) is 38.4 Å². The number of aromatic nitrogens is 5. The summed E-state index contributed by atoms with van der Waals surface area (Å²) in [5.41, 5.74) is 12.0. The topological polar surface area (TPSA) is 48.5 Å². The second-order valence-electron chi connectivity index (χ2n) is 20.3. The molecule has 0 unspecified atom stereocenters. The van der Waals surface area contributed by atoms with Crippen LogP contribution in [0.15, 0.2) is 297 Å². The molecule has 0 bridgehead atoms. The van der Waals surface area contributed by atoms with Crippen LogP contribution in [-0.4, -0.2) is 32.2 Å². The summed E-state index contributed by atoms with van der Waals surface area (Å²) in [4.78, 5) is 15.4. The summed E-state index contributed by atoms with van der Waals surface area (Å²) in [6.07, 6.45) is 0. The molecule has 0 saturated heterocycles. The van der Waals surface area contributed by atoms with Crippen LogP contribution in [0.1, 0.15) is 0 Å². The van der Waals surface area contributed by atoms with Gasteiger partial charge in [0.15, 0.2) is 19.7 Å². The van der Waals surface area contributed by atoms with Gasteiger partial charge in [-0.05, 0) is 102 Å². The van der Waals surface area contributed by atoms with Crippen LogP contribution in [0, 0.1) is 0 Å². The van der Waals surface area contributed by atoms with E-state index < -0.39 is 8.07 Å². The summed E-state index contributed by atoms with van der Waals surface area (Å²) >= 11 is 0. The van der Waals surface area contributed by atoms with E-state index in [9.17, 15) is 0 Å². The normalized spacial score (nSPS) is 11.8. The third kappa shape index (κ3) is 7.72. The molecule has 0 saturated carbocycles. The SMILES string of the molecule is c1ccc(-c2nc(-c3ccccc3)nc(-n3c4ccccc4c4cc(-c5ccc6c(c5)c5c7ccccc7ccc5n6-c5cccc(-c6cccc([Si](c7ccccc7)(c7ccccc7)c7ccccc7)c6)c5)ccc43)n2)cc1. The first-order valence-electron chi connectivity index (χ1n) is 26.9. The number of para-hydroxylation sites is 1. The number of hydrogen-bond acceptors (Lipinski definition) is 3. The van der Waals surface area contributed by atoms with Gasteiger partial charge in [0.2, 0.25) is 5.95 Å². The van der Waals surface area contributed by atoms with Gasteiger partial charge in [0.25, 0.3) is 0 Å². The molecule has 370 valence electrons. The highest BCUT2D eigenvalue weighted by molar-refractivity contribution is 7.19. The van der Waals surface area contributed by atoms with Crippen molar-refractivity contribution in [3.8, 4) is 56.7 Å². The molecule has 0 N–H and O–H groups in total. The van der Waals surface area contributed by atoms with Gasteiger partial charge in [-0.25, -0.2) is 4.98 Å². The minimum Gasteiger partial charge on any atom is -0.309 e. The summed E-state index contributed by atoms with van der Waals surface area (Å²) in [5.74, 6) is 1.83. The molecule has 0 atom stereocenters. The zero-order valence-corrected chi connectivity index (χ0v) is 44.0. The van der Waals surface area contributed by atoms with Crippen molar-refractivity contribution in [2.75, 3.05) is 0 Å². The van der Waals surface area contributed by atoms with Gasteiger partial charge >= 0.3 is 0 Å². The van der Waals surface area contributed by atoms with Gasteiger partial charge in [0.1, 0.15) is 0 Å². The Labute approximate surface area is 458 Å². The van der Waals surface area contributed by atoms with E-state index in [2.05, 4.69) is 270 Å². The van der Waals surface area contributed by atoms with Crippen LogP contribution in [0.4, 0.5) is 0 Å². The van der Waals surface area contributed by atoms with Crippen molar-refractivity contribution in [3.05, 3.63) is 297 Å². The van der Waals surface area contributed by atoms with Crippen LogP contribution in [0.2, 0.25) is 0 Å². The Morgan fingerprint density at radius 1 is 0.253 bits per heavy atom. The Morgan fingerprint density at radius 2 is 0.696 bits per heavy atom. The lowest BCUT2D eigenvalue weighted by Crippen LogP contribution is -2.74. The predicted octanol–water partition coefficient (Wildman–Crippen LogP) is 15.3. The summed E-state index contributed by atoms with van der Waals surface area (Å²) in [6.45, 7) is 0. The van der Waals surface area contributed by atoms with E-state index in [-0.39, 0.29) is 0 Å². The van der Waals surface area contributed by atoms with E-state index in [4.69, 9.17) is 15.0 Å². The molecule has 0 fully saturated rings. The Kier molecular flexibility index (Phi) is 11.1. The third-order valence-electron chi connectivity index (χ3n) is 15.9. The summed E-state index contributed by atoms with van der Waals surface area (Å²) in [7, 11) is -2.75. The predicted molar refractivity (Wildman–Crippen MR) is 331 cm³/mol. The average Bonchev–Trinajstić information content (AvgIpc) is 4.25. The van der Waals surface area contributed by atoms with Gasteiger partial charge in [0.05, 0.1) is 22.1 Å². The van der Waals surface area contributed by atoms with E-state index in [0.29, 0.717) is 17.6 Å². The van der Waals surface area contributed by atoms with Crippen molar-refractivity contribution in [2.45, 2.75) is 0 Å². The van der Waals surface area contributed by atoms with Gasteiger partial charge in [-0.3, -0.25) is 4.57 Å². The van der Waals surface area contributed by atoms with E-state index in [1.807, 2.05) is 36.4 Å². The first kappa shape index (κ1) is 46.1. The molecule has 12 aromatic carbocycles. The average molecular weight is 1020 g/mol. The van der Waals surface area contributed by atoms with Crippen molar-refractivity contribution in [3.63, 3.8) is 0 Å². The Hall–Kier alpha value is -10.3. The molecule has 15 aromatic rings. The summed E-state index contributed by atoms with van der Waals surface area (Å²) in [6, 6.07) is 108. The zero-order valence-electron chi connectivity index (χ0n) is 43.0. The molecule has 3 aromatic heterocycles. The number of fused-ring (bicyclic) bond motifs is 8. The van der Waals surface area contributed by atoms with Crippen LogP contribution in [0.25, 0.3) is 111 Å². The maximum Gasteiger partial charge on any atom is 0.238 e. The molecule has 0 radical (unpaired) electrons. The fourth-order valence-corrected chi connectivity index (χ4v) is 17.1. The summed E-state index contributed by atoms with van der Waals surface area (Å²) < 4.78 is 4.65. The van der Waals surface area contributed by atoms with Crippen LogP contribution in [-0.2, 0) is 0 Å². The lowest BCUT2D eigenvalue weighted by atomic mass is 9.99. The minimum atomic E-state index is -2.75. The van der Waals surface area contributed by atoms with Gasteiger partial charge in [-0.2, -0.15) is 9.97 Å². The molecular formula is C73H49N5Si. The van der Waals surface area contributed by atoms with Gasteiger partial charge < -0.3 is 4.57 Å². The first-order chi connectivity index (χ1) is 39.2. The summed E-state index contributed by atoms with van der Waals surface area (Å²) in [5, 5.41) is 12.6. The first-order valence-corrected chi connectivity index (χ1v) is 28.9. The van der Waals surface area contributed by atoms with Gasteiger partial charge in [-0.15, -0.1) is 0 Å². The van der Waals surface area contributed by atoms with Crippen LogP contribution in [0.5, 0.6) is 0 Å². The molecule has 0 spiro atoms. The van der Waals surface area contributed by atoms with Crippen molar-refractivity contribution in [1.29, 1.82) is 0 Å². The molecule has 0 amide bonds. The highest BCUT2D eigenvalue weighted by Crippen LogP contribution is 2.41. The molecule has 5 nitrogen and oxygen atoms in total. The van der Waals surface area contributed by atoms with Gasteiger partial charge in [-0.1, -0.05) is 249 Å².